The number of carbonyl (C=O) groups excluding carboxylic acids is 1. The van der Waals surface area contributed by atoms with E-state index in [9.17, 15) is 4.79 Å². The average molecular weight is 254 g/mol. The van der Waals surface area contributed by atoms with Crippen molar-refractivity contribution in [1.82, 2.24) is 10.2 Å². The lowest BCUT2D eigenvalue weighted by molar-refractivity contribution is -0.134. The minimum Gasteiger partial charge on any atom is -0.380 e. The number of amides is 1. The van der Waals surface area contributed by atoms with E-state index in [1.165, 1.54) is 12.8 Å². The summed E-state index contributed by atoms with van der Waals surface area (Å²) in [4.78, 5) is 14.7. The van der Waals surface area contributed by atoms with Crippen molar-refractivity contribution >= 4 is 5.91 Å². The highest BCUT2D eigenvalue weighted by Gasteiger charge is 2.51. The molecule has 0 radical (unpaired) electrons. The highest BCUT2D eigenvalue weighted by molar-refractivity contribution is 5.89. The van der Waals surface area contributed by atoms with Gasteiger partial charge in [0, 0.05) is 13.7 Å². The smallest absolute Gasteiger partial charge is 0.244 e. The first kappa shape index (κ1) is 13.8. The van der Waals surface area contributed by atoms with E-state index in [2.05, 4.69) is 12.2 Å². The molecule has 104 valence electrons. The Labute approximate surface area is 110 Å². The van der Waals surface area contributed by atoms with Crippen molar-refractivity contribution in [3.05, 3.63) is 0 Å². The van der Waals surface area contributed by atoms with Gasteiger partial charge in [-0.1, -0.05) is 26.2 Å². The van der Waals surface area contributed by atoms with E-state index < -0.39 is 0 Å². The molecule has 0 aromatic carbocycles. The molecule has 1 heterocycles. The summed E-state index contributed by atoms with van der Waals surface area (Å²) in [6, 6.07) is 0. The van der Waals surface area contributed by atoms with Gasteiger partial charge in [-0.05, 0) is 26.2 Å². The fourth-order valence-corrected chi connectivity index (χ4v) is 3.27. The fourth-order valence-electron chi connectivity index (χ4n) is 3.27. The molecule has 0 bridgehead atoms. The summed E-state index contributed by atoms with van der Waals surface area (Å²) in [5.74, 6) is 0.308. The van der Waals surface area contributed by atoms with Crippen LogP contribution in [0.3, 0.4) is 0 Å². The van der Waals surface area contributed by atoms with E-state index in [-0.39, 0.29) is 17.8 Å². The van der Waals surface area contributed by atoms with E-state index in [1.807, 2.05) is 11.8 Å². The van der Waals surface area contributed by atoms with Crippen molar-refractivity contribution in [2.45, 2.75) is 70.2 Å². The molecule has 2 fully saturated rings. The molecular weight excluding hydrogens is 228 g/mol. The number of rotatable bonds is 5. The van der Waals surface area contributed by atoms with E-state index in [0.29, 0.717) is 12.5 Å². The molecule has 0 aromatic heterocycles. The van der Waals surface area contributed by atoms with Crippen LogP contribution in [0.15, 0.2) is 0 Å². The van der Waals surface area contributed by atoms with E-state index >= 15 is 0 Å². The number of hydrogen-bond donors (Lipinski definition) is 1. The first-order valence-corrected chi connectivity index (χ1v) is 7.24. The van der Waals surface area contributed by atoms with Crippen LogP contribution in [-0.2, 0) is 9.53 Å². The third-order valence-corrected chi connectivity index (χ3v) is 4.36. The Kier molecular flexibility index (Phi) is 4.28. The van der Waals surface area contributed by atoms with E-state index in [0.717, 1.165) is 25.7 Å². The van der Waals surface area contributed by atoms with Crippen LogP contribution in [-0.4, -0.2) is 42.3 Å². The summed E-state index contributed by atoms with van der Waals surface area (Å²) in [6.45, 7) is 4.90. The second-order valence-corrected chi connectivity index (χ2v) is 5.74. The zero-order chi connectivity index (χ0) is 13.2. The molecule has 4 nitrogen and oxygen atoms in total. The Morgan fingerprint density at radius 1 is 1.50 bits per heavy atom. The Bertz CT molecular complexity index is 300. The van der Waals surface area contributed by atoms with Crippen molar-refractivity contribution in [2.75, 3.05) is 13.7 Å². The van der Waals surface area contributed by atoms with Gasteiger partial charge in [0.15, 0.2) is 0 Å². The molecule has 1 N–H and O–H groups in total. The normalized spacial score (nSPS) is 28.3. The SMILES string of the molecule is CCCC1NC2(CCCC2)C(=O)N1CC(C)OC. The maximum absolute atomic E-state index is 12.7. The molecule has 1 saturated carbocycles. The lowest BCUT2D eigenvalue weighted by atomic mass is 9.98. The third-order valence-electron chi connectivity index (χ3n) is 4.36. The average Bonchev–Trinajstić information content (AvgIpc) is 2.92. The molecule has 2 aliphatic rings. The standard InChI is InChI=1S/C14H26N2O2/c1-4-7-12-15-14(8-5-6-9-14)13(17)16(12)10-11(2)18-3/h11-12,15H,4-10H2,1-3H3. The molecule has 2 atom stereocenters. The number of carbonyl (C=O) groups is 1. The Morgan fingerprint density at radius 2 is 2.17 bits per heavy atom. The van der Waals surface area contributed by atoms with E-state index in [1.54, 1.807) is 7.11 Å². The monoisotopic (exact) mass is 254 g/mol. The lowest BCUT2D eigenvalue weighted by Gasteiger charge is -2.26. The van der Waals surface area contributed by atoms with Gasteiger partial charge in [-0.3, -0.25) is 10.1 Å². The number of nitrogens with one attached hydrogen (secondary N) is 1. The van der Waals surface area contributed by atoms with Crippen LogP contribution in [0.25, 0.3) is 0 Å². The van der Waals surface area contributed by atoms with Gasteiger partial charge in [0.2, 0.25) is 5.91 Å². The van der Waals surface area contributed by atoms with Gasteiger partial charge in [-0.15, -0.1) is 0 Å². The number of methoxy groups -OCH3 is 1. The summed E-state index contributed by atoms with van der Waals surface area (Å²) < 4.78 is 5.32. The molecular formula is C14H26N2O2. The summed E-state index contributed by atoms with van der Waals surface area (Å²) >= 11 is 0. The van der Waals surface area contributed by atoms with Gasteiger partial charge in [-0.25, -0.2) is 0 Å². The van der Waals surface area contributed by atoms with Crippen LogP contribution in [0.5, 0.6) is 0 Å². The molecule has 1 amide bonds. The van der Waals surface area contributed by atoms with Gasteiger partial charge in [0.05, 0.1) is 17.8 Å². The van der Waals surface area contributed by atoms with Crippen LogP contribution in [0, 0.1) is 0 Å². The van der Waals surface area contributed by atoms with Gasteiger partial charge in [-0.2, -0.15) is 0 Å². The van der Waals surface area contributed by atoms with Crippen LogP contribution in [0.2, 0.25) is 0 Å². The number of ether oxygens (including phenoxy) is 1. The van der Waals surface area contributed by atoms with Crippen molar-refractivity contribution in [3.8, 4) is 0 Å². The summed E-state index contributed by atoms with van der Waals surface area (Å²) in [5.41, 5.74) is -0.243. The Hall–Kier alpha value is -0.610. The highest BCUT2D eigenvalue weighted by Crippen LogP contribution is 2.37. The minimum absolute atomic E-state index is 0.103. The summed E-state index contributed by atoms with van der Waals surface area (Å²) in [5, 5.41) is 3.62. The molecule has 2 rings (SSSR count). The predicted octanol–water partition coefficient (Wildman–Crippen LogP) is 1.89. The number of hydrogen-bond acceptors (Lipinski definition) is 3. The largest absolute Gasteiger partial charge is 0.380 e. The molecule has 1 aliphatic heterocycles. The number of nitrogens with zero attached hydrogens (tertiary/aromatic N) is 1. The van der Waals surface area contributed by atoms with Crippen molar-refractivity contribution < 1.29 is 9.53 Å². The second kappa shape index (κ2) is 5.57. The first-order chi connectivity index (χ1) is 8.63. The molecule has 1 spiro atoms. The molecule has 2 unspecified atom stereocenters. The van der Waals surface area contributed by atoms with Gasteiger partial charge < -0.3 is 9.64 Å². The molecule has 1 aliphatic carbocycles. The highest BCUT2D eigenvalue weighted by atomic mass is 16.5. The van der Waals surface area contributed by atoms with E-state index in [4.69, 9.17) is 4.74 Å². The second-order valence-electron chi connectivity index (χ2n) is 5.74. The molecule has 0 aromatic rings. The molecule has 1 saturated heterocycles. The maximum atomic E-state index is 12.7. The van der Waals surface area contributed by atoms with Crippen LogP contribution >= 0.6 is 0 Å². The van der Waals surface area contributed by atoms with Crippen LogP contribution < -0.4 is 5.32 Å². The van der Waals surface area contributed by atoms with Gasteiger partial charge in [0.25, 0.3) is 0 Å². The maximum Gasteiger partial charge on any atom is 0.244 e. The van der Waals surface area contributed by atoms with Gasteiger partial charge >= 0.3 is 0 Å². The van der Waals surface area contributed by atoms with Gasteiger partial charge in [0.1, 0.15) is 0 Å². The molecule has 4 heteroatoms. The topological polar surface area (TPSA) is 41.6 Å². The summed E-state index contributed by atoms with van der Waals surface area (Å²) in [7, 11) is 1.71. The zero-order valence-electron chi connectivity index (χ0n) is 11.9. The van der Waals surface area contributed by atoms with Crippen molar-refractivity contribution in [3.63, 3.8) is 0 Å². The summed E-state index contributed by atoms with van der Waals surface area (Å²) in [6.07, 6.45) is 6.79. The Balaban J connectivity index is 2.11. The van der Waals surface area contributed by atoms with Crippen LogP contribution in [0.4, 0.5) is 0 Å². The fraction of sp³-hybridized carbons (Fsp3) is 0.929. The minimum atomic E-state index is -0.243. The van der Waals surface area contributed by atoms with Crippen molar-refractivity contribution in [1.29, 1.82) is 0 Å². The van der Waals surface area contributed by atoms with Crippen molar-refractivity contribution in [2.24, 2.45) is 0 Å². The third kappa shape index (κ3) is 2.41. The predicted molar refractivity (Wildman–Crippen MR) is 71.2 cm³/mol. The first-order valence-electron chi connectivity index (χ1n) is 7.24. The Morgan fingerprint density at radius 3 is 2.72 bits per heavy atom. The van der Waals surface area contributed by atoms with Crippen LogP contribution in [0.1, 0.15) is 52.4 Å². The zero-order valence-corrected chi connectivity index (χ0v) is 11.9. The lowest BCUT2D eigenvalue weighted by Crippen LogP contribution is -2.44. The quantitative estimate of drug-likeness (QED) is 0.814. The molecule has 18 heavy (non-hydrogen) atoms.